The number of fused-ring (bicyclic) bond motifs is 2. The molecule has 2 aliphatic rings. The van der Waals surface area contributed by atoms with Crippen molar-refractivity contribution in [2.45, 2.75) is 57.9 Å². The van der Waals surface area contributed by atoms with Crippen molar-refractivity contribution in [1.82, 2.24) is 10.2 Å². The van der Waals surface area contributed by atoms with Gasteiger partial charge in [-0.3, -0.25) is 24.1 Å². The van der Waals surface area contributed by atoms with E-state index in [1.807, 2.05) is 0 Å². The Hall–Kier alpha value is -3.81. The number of anilines is 1. The maximum Gasteiger partial charge on any atom is 0.325 e. The molecule has 0 spiro atoms. The third-order valence-corrected chi connectivity index (χ3v) is 6.64. The SMILES string of the molecule is CCCCCCC[C@]1(C)NC(=O)N(CC(=O)Nc2ccc3c(c2)C(=O)c2ccccc2C3=O)C1=O. The van der Waals surface area contributed by atoms with Crippen LogP contribution in [-0.4, -0.2) is 46.4 Å². The number of nitrogens with one attached hydrogen (secondary N) is 2. The van der Waals surface area contributed by atoms with Gasteiger partial charge in [-0.1, -0.05) is 63.3 Å². The molecule has 0 radical (unpaired) electrons. The van der Waals surface area contributed by atoms with Gasteiger partial charge in [-0.15, -0.1) is 0 Å². The van der Waals surface area contributed by atoms with E-state index < -0.39 is 29.9 Å². The minimum absolute atomic E-state index is 0.206. The van der Waals surface area contributed by atoms with Crippen LogP contribution in [0.25, 0.3) is 0 Å². The molecule has 35 heavy (non-hydrogen) atoms. The van der Waals surface area contributed by atoms with Crippen LogP contribution in [0.4, 0.5) is 10.5 Å². The van der Waals surface area contributed by atoms with Crippen molar-refractivity contribution < 1.29 is 24.0 Å². The summed E-state index contributed by atoms with van der Waals surface area (Å²) in [6.45, 7) is 3.38. The fourth-order valence-electron chi connectivity index (χ4n) is 4.66. The molecule has 2 aromatic carbocycles. The van der Waals surface area contributed by atoms with Crippen LogP contribution in [0.3, 0.4) is 0 Å². The minimum Gasteiger partial charge on any atom is -0.325 e. The molecule has 0 unspecified atom stereocenters. The summed E-state index contributed by atoms with van der Waals surface area (Å²) in [6, 6.07) is 10.5. The smallest absolute Gasteiger partial charge is 0.325 e. The van der Waals surface area contributed by atoms with Gasteiger partial charge < -0.3 is 10.6 Å². The number of hydrogen-bond acceptors (Lipinski definition) is 5. The zero-order valence-corrected chi connectivity index (χ0v) is 20.0. The van der Waals surface area contributed by atoms with E-state index >= 15 is 0 Å². The number of benzene rings is 2. The molecule has 1 fully saturated rings. The third-order valence-electron chi connectivity index (χ3n) is 6.64. The first-order chi connectivity index (χ1) is 16.7. The molecule has 4 rings (SSSR count). The lowest BCUT2D eigenvalue weighted by atomic mass is 9.84. The number of carbonyl (C=O) groups excluding carboxylic acids is 5. The molecule has 1 aliphatic carbocycles. The van der Waals surface area contributed by atoms with Gasteiger partial charge in [0.25, 0.3) is 5.91 Å². The van der Waals surface area contributed by atoms with Crippen LogP contribution >= 0.6 is 0 Å². The van der Waals surface area contributed by atoms with E-state index in [4.69, 9.17) is 0 Å². The zero-order valence-electron chi connectivity index (χ0n) is 20.0. The Morgan fingerprint density at radius 2 is 1.51 bits per heavy atom. The van der Waals surface area contributed by atoms with Crippen LogP contribution in [0.2, 0.25) is 0 Å². The molecule has 1 aliphatic heterocycles. The first kappa shape index (κ1) is 24.3. The molecular formula is C27H29N3O5. The number of unbranched alkanes of at least 4 members (excludes halogenated alkanes) is 4. The second-order valence-electron chi connectivity index (χ2n) is 9.33. The Morgan fingerprint density at radius 3 is 2.20 bits per heavy atom. The van der Waals surface area contributed by atoms with E-state index in [1.54, 1.807) is 31.2 Å². The molecule has 0 aromatic heterocycles. The van der Waals surface area contributed by atoms with Gasteiger partial charge in [0.05, 0.1) is 0 Å². The van der Waals surface area contributed by atoms with E-state index in [0.717, 1.165) is 37.0 Å². The van der Waals surface area contributed by atoms with Crippen molar-refractivity contribution in [1.29, 1.82) is 0 Å². The molecule has 1 atom stereocenters. The summed E-state index contributed by atoms with van der Waals surface area (Å²) >= 11 is 0. The number of nitrogens with zero attached hydrogens (tertiary/aromatic N) is 1. The van der Waals surface area contributed by atoms with Gasteiger partial charge in [0.2, 0.25) is 5.91 Å². The second kappa shape index (κ2) is 9.82. The summed E-state index contributed by atoms with van der Waals surface area (Å²) in [7, 11) is 0. The fraction of sp³-hybridized carbons (Fsp3) is 0.370. The first-order valence-corrected chi connectivity index (χ1v) is 12.0. The number of ketones is 2. The van der Waals surface area contributed by atoms with Crippen LogP contribution in [0.1, 0.15) is 84.2 Å². The summed E-state index contributed by atoms with van der Waals surface area (Å²) < 4.78 is 0. The highest BCUT2D eigenvalue weighted by molar-refractivity contribution is 6.28. The van der Waals surface area contributed by atoms with Crippen LogP contribution in [0.15, 0.2) is 42.5 Å². The third kappa shape index (κ3) is 4.73. The van der Waals surface area contributed by atoms with Crippen LogP contribution in [-0.2, 0) is 9.59 Å². The van der Waals surface area contributed by atoms with E-state index in [-0.39, 0.29) is 22.7 Å². The second-order valence-corrected chi connectivity index (χ2v) is 9.33. The molecular weight excluding hydrogens is 446 g/mol. The number of imide groups is 1. The standard InChI is InChI=1S/C27H29N3O5/c1-3-4-5-6-9-14-27(2)25(34)30(26(35)29-27)16-22(31)28-17-12-13-20-21(15-17)24(33)19-11-8-7-10-18(19)23(20)32/h7-8,10-13,15H,3-6,9,14,16H2,1-2H3,(H,28,31)(H,29,35)/t27-/m0/s1. The number of hydrogen-bond donors (Lipinski definition) is 2. The molecule has 2 aromatic rings. The molecule has 4 amide bonds. The monoisotopic (exact) mass is 475 g/mol. The van der Waals surface area contributed by atoms with Crippen molar-refractivity contribution >= 4 is 35.1 Å². The Balaban J connectivity index is 1.41. The van der Waals surface area contributed by atoms with E-state index in [2.05, 4.69) is 17.6 Å². The zero-order chi connectivity index (χ0) is 25.2. The Kier molecular flexibility index (Phi) is 6.82. The minimum atomic E-state index is -1.02. The average Bonchev–Trinajstić information content (AvgIpc) is 3.05. The van der Waals surface area contributed by atoms with Gasteiger partial charge in [-0.25, -0.2) is 4.79 Å². The highest BCUT2D eigenvalue weighted by Gasteiger charge is 2.47. The predicted molar refractivity (Wildman–Crippen MR) is 130 cm³/mol. The average molecular weight is 476 g/mol. The quantitative estimate of drug-likeness (QED) is 0.358. The highest BCUT2D eigenvalue weighted by Crippen LogP contribution is 2.29. The maximum atomic E-state index is 12.9. The largest absolute Gasteiger partial charge is 0.325 e. The summed E-state index contributed by atoms with van der Waals surface area (Å²) in [5.74, 6) is -1.54. The first-order valence-electron chi connectivity index (χ1n) is 12.0. The molecule has 182 valence electrons. The lowest BCUT2D eigenvalue weighted by molar-refractivity contribution is -0.133. The van der Waals surface area contributed by atoms with Crippen molar-refractivity contribution in [2.24, 2.45) is 0 Å². The van der Waals surface area contributed by atoms with Crippen molar-refractivity contribution in [3.8, 4) is 0 Å². The Bertz CT molecular complexity index is 1220. The maximum absolute atomic E-state index is 12.9. The van der Waals surface area contributed by atoms with Gasteiger partial charge in [0, 0.05) is 27.9 Å². The van der Waals surface area contributed by atoms with Gasteiger partial charge >= 0.3 is 6.03 Å². The van der Waals surface area contributed by atoms with E-state index in [0.29, 0.717) is 23.2 Å². The molecule has 8 heteroatoms. The topological polar surface area (TPSA) is 113 Å². The van der Waals surface area contributed by atoms with Gasteiger partial charge in [-0.2, -0.15) is 0 Å². The number of carbonyl (C=O) groups is 5. The molecule has 1 heterocycles. The van der Waals surface area contributed by atoms with Crippen LogP contribution < -0.4 is 10.6 Å². The van der Waals surface area contributed by atoms with Crippen molar-refractivity contribution in [3.63, 3.8) is 0 Å². The van der Waals surface area contributed by atoms with Gasteiger partial charge in [0.15, 0.2) is 11.6 Å². The lowest BCUT2D eigenvalue weighted by Gasteiger charge is -2.21. The van der Waals surface area contributed by atoms with Gasteiger partial charge in [0.1, 0.15) is 12.1 Å². The van der Waals surface area contributed by atoms with E-state index in [9.17, 15) is 24.0 Å². The summed E-state index contributed by atoms with van der Waals surface area (Å²) in [4.78, 5) is 64.6. The summed E-state index contributed by atoms with van der Waals surface area (Å²) in [5, 5.41) is 5.36. The predicted octanol–water partition coefficient (Wildman–Crippen LogP) is 4.07. The van der Waals surface area contributed by atoms with Gasteiger partial charge in [-0.05, 0) is 31.5 Å². The summed E-state index contributed by atoms with van der Waals surface area (Å²) in [5.41, 5.74) is 0.443. The Morgan fingerprint density at radius 1 is 0.886 bits per heavy atom. The fourth-order valence-corrected chi connectivity index (χ4v) is 4.66. The van der Waals surface area contributed by atoms with Crippen LogP contribution in [0.5, 0.6) is 0 Å². The molecule has 0 bridgehead atoms. The number of urea groups is 1. The normalized spacial score (nSPS) is 18.9. The molecule has 1 saturated heterocycles. The number of rotatable bonds is 9. The molecule has 2 N–H and O–H groups in total. The number of amides is 4. The molecule has 8 nitrogen and oxygen atoms in total. The van der Waals surface area contributed by atoms with Crippen molar-refractivity contribution in [3.05, 3.63) is 64.7 Å². The highest BCUT2D eigenvalue weighted by atomic mass is 16.2. The Labute approximate surface area is 204 Å². The summed E-state index contributed by atoms with van der Waals surface area (Å²) in [6.07, 6.45) is 5.66. The van der Waals surface area contributed by atoms with E-state index in [1.165, 1.54) is 18.2 Å². The van der Waals surface area contributed by atoms with Crippen LogP contribution in [0, 0.1) is 0 Å². The molecule has 0 saturated carbocycles. The van der Waals surface area contributed by atoms with Crippen molar-refractivity contribution in [2.75, 3.05) is 11.9 Å². The lowest BCUT2D eigenvalue weighted by Crippen LogP contribution is -2.44.